The zero-order valence-corrected chi connectivity index (χ0v) is 19.6. The Labute approximate surface area is 201 Å². The maximum absolute atomic E-state index is 14.4. The molecule has 2 aliphatic rings. The normalized spacial score (nSPS) is 29.2. The van der Waals surface area contributed by atoms with Crippen LogP contribution in [0, 0.1) is 11.7 Å². The fraction of sp³-hybridized carbons (Fsp3) is 0.478. The molecule has 6 atom stereocenters. The fourth-order valence-electron chi connectivity index (χ4n) is 4.69. The van der Waals surface area contributed by atoms with Crippen molar-refractivity contribution in [3.05, 3.63) is 53.1 Å². The maximum Gasteiger partial charge on any atom is 0.417 e. The molecule has 2 aromatic rings. The molecule has 0 radical (unpaired) electrons. The largest absolute Gasteiger partial charge is 0.611 e. The molecule has 2 aliphatic heterocycles. The highest BCUT2D eigenvalue weighted by Crippen LogP contribution is 2.55. The number of amides is 1. The average Bonchev–Trinajstić information content (AvgIpc) is 3.33. The second-order valence-electron chi connectivity index (χ2n) is 8.86. The van der Waals surface area contributed by atoms with Crippen molar-refractivity contribution in [2.45, 2.75) is 55.1 Å². The summed E-state index contributed by atoms with van der Waals surface area (Å²) in [5.41, 5.74) is -2.02. The second kappa shape index (κ2) is 9.32. The van der Waals surface area contributed by atoms with Crippen molar-refractivity contribution in [3.8, 4) is 0 Å². The van der Waals surface area contributed by atoms with E-state index in [2.05, 4.69) is 10.3 Å². The third-order valence-electron chi connectivity index (χ3n) is 6.85. The lowest BCUT2D eigenvalue weighted by Crippen LogP contribution is -2.47. The third kappa shape index (κ3) is 4.42. The molecule has 1 saturated heterocycles. The highest BCUT2D eigenvalue weighted by atomic mass is 32.2. The summed E-state index contributed by atoms with van der Waals surface area (Å²) in [5.74, 6) is -3.73. The molecule has 1 fully saturated rings. The fourth-order valence-corrected chi connectivity index (χ4v) is 6.22. The van der Waals surface area contributed by atoms with Gasteiger partial charge in [0.15, 0.2) is 10.5 Å². The van der Waals surface area contributed by atoms with Gasteiger partial charge in [-0.3, -0.25) is 9.78 Å². The molecule has 4 rings (SSSR count). The Hall–Kier alpha value is -2.25. The number of carbonyl (C=O) groups is 1. The molecular weight excluding hydrogens is 492 g/mol. The highest BCUT2D eigenvalue weighted by molar-refractivity contribution is 7.91. The molecule has 1 amide bonds. The second-order valence-corrected chi connectivity index (χ2v) is 10.4. The number of halogens is 4. The van der Waals surface area contributed by atoms with Gasteiger partial charge in [0.2, 0.25) is 0 Å². The summed E-state index contributed by atoms with van der Waals surface area (Å²) in [5, 5.41) is 21.1. The number of fused-ring (bicyclic) bond motifs is 1. The molecule has 35 heavy (non-hydrogen) atoms. The summed E-state index contributed by atoms with van der Waals surface area (Å²) in [6, 6.07) is 5.13. The summed E-state index contributed by atoms with van der Waals surface area (Å²) in [4.78, 5) is 17.3. The molecule has 0 aliphatic carbocycles. The first kappa shape index (κ1) is 25.8. The quantitative estimate of drug-likeness (QED) is 0.416. The minimum absolute atomic E-state index is 0.132. The number of hydrogen-bond donors (Lipinski definition) is 3. The Balaban J connectivity index is 1.72. The van der Waals surface area contributed by atoms with Crippen LogP contribution in [0.25, 0.3) is 0 Å². The summed E-state index contributed by atoms with van der Waals surface area (Å²) in [6.45, 7) is 1.62. The first-order valence-corrected chi connectivity index (χ1v) is 12.2. The van der Waals surface area contributed by atoms with Gasteiger partial charge in [-0.15, -0.1) is 0 Å². The summed E-state index contributed by atoms with van der Waals surface area (Å²) < 4.78 is 74.7. The minimum Gasteiger partial charge on any atom is -0.611 e. The van der Waals surface area contributed by atoms with E-state index in [0.717, 1.165) is 13.0 Å². The number of aromatic nitrogens is 1. The van der Waals surface area contributed by atoms with E-state index in [-0.39, 0.29) is 39.6 Å². The van der Waals surface area contributed by atoms with Crippen molar-refractivity contribution in [1.82, 2.24) is 4.98 Å². The van der Waals surface area contributed by atoms with Crippen LogP contribution in [0.2, 0.25) is 0 Å². The van der Waals surface area contributed by atoms with Crippen molar-refractivity contribution in [2.75, 3.05) is 17.7 Å². The standard InChI is InChI=1S/C23H24F4N2O5S/c1-11-18(14-4-5-15(24)13-7-8-35(33)20(13)14)19(34-22(11,2)23(25,26)27)21(32)29-12-3-6-16(28-9-12)17(31)10-30/h3-6,9,11,17-19,30-31H,7-8,10H2,1-2H3,(H,29,32)/t11-,17+,18-,19+,22+,35?/m0/s1. The third-order valence-corrected chi connectivity index (χ3v) is 8.37. The van der Waals surface area contributed by atoms with Crippen LogP contribution >= 0.6 is 0 Å². The van der Waals surface area contributed by atoms with Crippen LogP contribution in [0.3, 0.4) is 0 Å². The molecule has 3 heterocycles. The van der Waals surface area contributed by atoms with E-state index >= 15 is 0 Å². The topological polar surface area (TPSA) is 115 Å². The zero-order chi connectivity index (χ0) is 25.7. The van der Waals surface area contributed by atoms with Crippen LogP contribution < -0.4 is 5.32 Å². The van der Waals surface area contributed by atoms with Crippen molar-refractivity contribution in [2.24, 2.45) is 5.92 Å². The van der Waals surface area contributed by atoms with Gasteiger partial charge in [-0.25, -0.2) is 4.39 Å². The van der Waals surface area contributed by atoms with Gasteiger partial charge in [0, 0.05) is 29.4 Å². The van der Waals surface area contributed by atoms with Gasteiger partial charge in [-0.1, -0.05) is 13.0 Å². The van der Waals surface area contributed by atoms with Crippen molar-refractivity contribution in [3.63, 3.8) is 0 Å². The van der Waals surface area contributed by atoms with Crippen molar-refractivity contribution in [1.29, 1.82) is 0 Å². The SMILES string of the molecule is C[C@H]1[C@@H](c2ccc(F)c3c2[S+]([O-])CC3)[C@H](C(=O)Nc2ccc([C@H](O)CO)nc2)O[C@@]1(C)C(F)(F)F. The molecule has 12 heteroatoms. The molecule has 0 bridgehead atoms. The molecule has 0 spiro atoms. The van der Waals surface area contributed by atoms with E-state index in [1.807, 2.05) is 0 Å². The predicted molar refractivity (Wildman–Crippen MR) is 118 cm³/mol. The first-order valence-electron chi connectivity index (χ1n) is 10.9. The molecule has 7 nitrogen and oxygen atoms in total. The first-order chi connectivity index (χ1) is 16.4. The van der Waals surface area contributed by atoms with Crippen LogP contribution in [0.5, 0.6) is 0 Å². The zero-order valence-electron chi connectivity index (χ0n) is 18.8. The number of rotatable bonds is 5. The Morgan fingerprint density at radius 1 is 1.37 bits per heavy atom. The van der Waals surface area contributed by atoms with Crippen LogP contribution in [-0.4, -0.2) is 55.9 Å². The van der Waals surface area contributed by atoms with Gasteiger partial charge < -0.3 is 24.8 Å². The van der Waals surface area contributed by atoms with Gasteiger partial charge in [0.25, 0.3) is 5.91 Å². The molecular formula is C23H24F4N2O5S. The summed E-state index contributed by atoms with van der Waals surface area (Å²) >= 11 is -1.61. The molecule has 1 unspecified atom stereocenters. The lowest BCUT2D eigenvalue weighted by atomic mass is 9.76. The molecule has 1 aromatic carbocycles. The molecule has 1 aromatic heterocycles. The smallest absolute Gasteiger partial charge is 0.417 e. The number of anilines is 1. The summed E-state index contributed by atoms with van der Waals surface area (Å²) in [7, 11) is 0. The van der Waals surface area contributed by atoms with E-state index in [1.165, 1.54) is 31.3 Å². The van der Waals surface area contributed by atoms with Crippen molar-refractivity contribution >= 4 is 22.8 Å². The lowest BCUT2D eigenvalue weighted by molar-refractivity contribution is -0.272. The number of benzene rings is 1. The minimum atomic E-state index is -4.81. The Bertz CT molecular complexity index is 1120. The van der Waals surface area contributed by atoms with Gasteiger partial charge in [0.05, 0.1) is 24.2 Å². The Morgan fingerprint density at radius 3 is 2.69 bits per heavy atom. The van der Waals surface area contributed by atoms with Gasteiger partial charge in [0.1, 0.15) is 23.8 Å². The number of alkyl halides is 3. The number of ether oxygens (including phenoxy) is 1. The number of carbonyl (C=O) groups excluding carboxylic acids is 1. The number of pyridine rings is 1. The van der Waals surface area contributed by atoms with E-state index in [9.17, 15) is 32.0 Å². The lowest BCUT2D eigenvalue weighted by Gasteiger charge is -2.31. The molecule has 190 valence electrons. The number of nitrogens with one attached hydrogen (secondary N) is 1. The van der Waals surface area contributed by atoms with Crippen LogP contribution in [0.4, 0.5) is 23.2 Å². The maximum atomic E-state index is 14.4. The van der Waals surface area contributed by atoms with E-state index in [1.54, 1.807) is 0 Å². The monoisotopic (exact) mass is 516 g/mol. The van der Waals surface area contributed by atoms with E-state index < -0.39 is 65.3 Å². The number of nitrogens with zero attached hydrogens (tertiary/aromatic N) is 1. The Kier molecular flexibility index (Phi) is 6.88. The number of aliphatic hydroxyl groups is 2. The van der Waals surface area contributed by atoms with Crippen LogP contribution in [0.1, 0.15) is 42.7 Å². The predicted octanol–water partition coefficient (Wildman–Crippen LogP) is 2.99. The van der Waals surface area contributed by atoms with E-state index in [0.29, 0.717) is 0 Å². The molecule has 3 N–H and O–H groups in total. The van der Waals surface area contributed by atoms with Gasteiger partial charge in [-0.2, -0.15) is 13.2 Å². The van der Waals surface area contributed by atoms with Gasteiger partial charge >= 0.3 is 6.18 Å². The van der Waals surface area contributed by atoms with Crippen LogP contribution in [0.15, 0.2) is 35.4 Å². The molecule has 0 saturated carbocycles. The number of aliphatic hydroxyl groups excluding tert-OH is 2. The van der Waals surface area contributed by atoms with Crippen molar-refractivity contribution < 1.29 is 41.9 Å². The van der Waals surface area contributed by atoms with Gasteiger partial charge in [-0.05, 0) is 36.3 Å². The highest BCUT2D eigenvalue weighted by Gasteiger charge is 2.66. The van der Waals surface area contributed by atoms with E-state index in [4.69, 9.17) is 9.84 Å². The Morgan fingerprint density at radius 2 is 2.09 bits per heavy atom. The number of hydrogen-bond acceptors (Lipinski definition) is 6. The average molecular weight is 517 g/mol. The van der Waals surface area contributed by atoms with Crippen LogP contribution in [-0.2, 0) is 27.1 Å². The summed E-state index contributed by atoms with van der Waals surface area (Å²) in [6.07, 6.45) is -6.28.